The molecule has 134 valence electrons. The molecule has 1 aliphatic rings. The van der Waals surface area contributed by atoms with Crippen LogP contribution in [0.5, 0.6) is 5.88 Å². The summed E-state index contributed by atoms with van der Waals surface area (Å²) >= 11 is 0. The number of hydrogen-bond donors (Lipinski definition) is 1. The highest BCUT2D eigenvalue weighted by Crippen LogP contribution is 2.19. The molecule has 1 saturated heterocycles. The summed E-state index contributed by atoms with van der Waals surface area (Å²) in [5, 5.41) is 3.51. The Hall–Kier alpha value is -2.14. The third-order valence-electron chi connectivity index (χ3n) is 4.27. The van der Waals surface area contributed by atoms with Gasteiger partial charge < -0.3 is 10.1 Å². The molecule has 0 spiro atoms. The lowest BCUT2D eigenvalue weighted by Gasteiger charge is -2.33. The van der Waals surface area contributed by atoms with Crippen LogP contribution >= 0.6 is 0 Å². The first-order valence-electron chi connectivity index (χ1n) is 9.13. The fourth-order valence-corrected chi connectivity index (χ4v) is 3.25. The van der Waals surface area contributed by atoms with Gasteiger partial charge in [0, 0.05) is 30.9 Å². The van der Waals surface area contributed by atoms with Crippen molar-refractivity contribution in [2.45, 2.75) is 52.3 Å². The lowest BCUT2D eigenvalue weighted by atomic mass is 10.0. The molecule has 0 amide bonds. The molecule has 1 atom stereocenters. The summed E-state index contributed by atoms with van der Waals surface area (Å²) in [6.45, 7) is 9.13. The Kier molecular flexibility index (Phi) is 5.87. The molecular weight excluding hydrogens is 312 g/mol. The maximum absolute atomic E-state index is 5.72. The van der Waals surface area contributed by atoms with Gasteiger partial charge in [-0.25, -0.2) is 4.98 Å². The summed E-state index contributed by atoms with van der Waals surface area (Å²) in [5.41, 5.74) is 2.28. The van der Waals surface area contributed by atoms with Crippen molar-refractivity contribution in [2.24, 2.45) is 0 Å². The number of aryl methyl sites for hydroxylation is 1. The van der Waals surface area contributed by atoms with E-state index in [0.29, 0.717) is 17.9 Å². The largest absolute Gasteiger partial charge is 0.475 e. The molecule has 1 aromatic heterocycles. The van der Waals surface area contributed by atoms with E-state index in [2.05, 4.69) is 50.5 Å². The first-order chi connectivity index (χ1) is 12.1. The molecule has 0 aliphatic carbocycles. The molecule has 0 saturated carbocycles. The van der Waals surface area contributed by atoms with Gasteiger partial charge in [-0.2, -0.15) is 4.98 Å². The molecule has 25 heavy (non-hydrogen) atoms. The van der Waals surface area contributed by atoms with Crippen molar-refractivity contribution >= 4 is 5.95 Å². The van der Waals surface area contributed by atoms with E-state index in [0.717, 1.165) is 31.7 Å². The average molecular weight is 340 g/mol. The zero-order valence-corrected chi connectivity index (χ0v) is 15.4. The van der Waals surface area contributed by atoms with E-state index in [1.165, 1.54) is 12.0 Å². The van der Waals surface area contributed by atoms with Gasteiger partial charge in [0.05, 0.1) is 6.10 Å². The van der Waals surface area contributed by atoms with Gasteiger partial charge in [0.1, 0.15) is 0 Å². The number of nitrogens with one attached hydrogen (secondary N) is 1. The second-order valence-corrected chi connectivity index (χ2v) is 7.04. The minimum absolute atomic E-state index is 0.109. The quantitative estimate of drug-likeness (QED) is 0.870. The van der Waals surface area contributed by atoms with Crippen LogP contribution in [0.3, 0.4) is 0 Å². The van der Waals surface area contributed by atoms with Gasteiger partial charge in [-0.3, -0.25) is 4.90 Å². The van der Waals surface area contributed by atoms with Crippen molar-refractivity contribution in [1.82, 2.24) is 14.9 Å². The van der Waals surface area contributed by atoms with Crippen LogP contribution < -0.4 is 10.1 Å². The Morgan fingerprint density at radius 2 is 2.04 bits per heavy atom. The molecule has 1 unspecified atom stereocenters. The number of piperidine rings is 1. The molecule has 1 aliphatic heterocycles. The molecule has 3 rings (SSSR count). The second-order valence-electron chi connectivity index (χ2n) is 7.04. The number of aromatic nitrogens is 2. The van der Waals surface area contributed by atoms with E-state index in [4.69, 9.17) is 4.74 Å². The summed E-state index contributed by atoms with van der Waals surface area (Å²) in [4.78, 5) is 11.5. The number of likely N-dealkylation sites (tertiary alicyclic amines) is 1. The van der Waals surface area contributed by atoms with E-state index in [1.54, 1.807) is 0 Å². The van der Waals surface area contributed by atoms with Gasteiger partial charge in [0.15, 0.2) is 0 Å². The number of nitrogens with zero attached hydrogens (tertiary/aromatic N) is 3. The number of hydrogen-bond acceptors (Lipinski definition) is 5. The van der Waals surface area contributed by atoms with Gasteiger partial charge in [-0.15, -0.1) is 0 Å². The highest BCUT2D eigenvalue weighted by atomic mass is 16.5. The fraction of sp³-hybridized carbons (Fsp3) is 0.500. The van der Waals surface area contributed by atoms with Crippen LogP contribution in [0.15, 0.2) is 36.4 Å². The molecular formula is C20H28N4O. The third-order valence-corrected chi connectivity index (χ3v) is 4.27. The normalized spacial score (nSPS) is 18.3. The van der Waals surface area contributed by atoms with Crippen molar-refractivity contribution in [3.8, 4) is 5.88 Å². The summed E-state index contributed by atoms with van der Waals surface area (Å²) in [5.74, 6) is 1.31. The van der Waals surface area contributed by atoms with E-state index in [1.807, 2.05) is 26.8 Å². The van der Waals surface area contributed by atoms with Crippen molar-refractivity contribution in [3.05, 3.63) is 47.7 Å². The van der Waals surface area contributed by atoms with Gasteiger partial charge in [-0.1, -0.05) is 30.3 Å². The lowest BCUT2D eigenvalue weighted by molar-refractivity contribution is 0.208. The van der Waals surface area contributed by atoms with Crippen LogP contribution in [0.1, 0.15) is 37.9 Å². The van der Waals surface area contributed by atoms with E-state index >= 15 is 0 Å². The van der Waals surface area contributed by atoms with Gasteiger partial charge in [0.25, 0.3) is 0 Å². The maximum atomic E-state index is 5.72. The Labute approximate surface area is 150 Å². The van der Waals surface area contributed by atoms with Crippen LogP contribution in [0, 0.1) is 6.92 Å². The summed E-state index contributed by atoms with van der Waals surface area (Å²) in [7, 11) is 0. The van der Waals surface area contributed by atoms with Crippen molar-refractivity contribution in [3.63, 3.8) is 0 Å². The lowest BCUT2D eigenvalue weighted by Crippen LogP contribution is -2.41. The Morgan fingerprint density at radius 1 is 1.24 bits per heavy atom. The molecule has 5 heteroatoms. The summed E-state index contributed by atoms with van der Waals surface area (Å²) in [6.07, 6.45) is 2.44. The number of rotatable bonds is 6. The SMILES string of the molecule is Cc1cc(OC(C)C)nc(NC2CCCN(Cc3ccccc3)C2)n1. The molecule has 2 heterocycles. The van der Waals surface area contributed by atoms with Gasteiger partial charge >= 0.3 is 0 Å². The first kappa shape index (κ1) is 17.7. The molecule has 1 fully saturated rings. The standard InChI is InChI=1S/C20H28N4O/c1-15(2)25-19-12-16(3)21-20(23-19)22-18-10-7-11-24(14-18)13-17-8-5-4-6-9-17/h4-6,8-9,12,15,18H,7,10-11,13-14H2,1-3H3,(H,21,22,23). The molecule has 2 aromatic rings. The minimum Gasteiger partial charge on any atom is -0.475 e. The van der Waals surface area contributed by atoms with Crippen molar-refractivity contribution < 1.29 is 4.74 Å². The monoisotopic (exact) mass is 340 g/mol. The molecule has 5 nitrogen and oxygen atoms in total. The smallest absolute Gasteiger partial charge is 0.226 e. The topological polar surface area (TPSA) is 50.3 Å². The third kappa shape index (κ3) is 5.43. The zero-order valence-electron chi connectivity index (χ0n) is 15.4. The van der Waals surface area contributed by atoms with Crippen molar-refractivity contribution in [1.29, 1.82) is 0 Å². The van der Waals surface area contributed by atoms with Gasteiger partial charge in [-0.05, 0) is 45.7 Å². The molecule has 0 bridgehead atoms. The van der Waals surface area contributed by atoms with Gasteiger partial charge in [0.2, 0.25) is 11.8 Å². The predicted octanol–water partition coefficient (Wildman–Crippen LogP) is 3.65. The zero-order chi connectivity index (χ0) is 17.6. The van der Waals surface area contributed by atoms with Crippen LogP contribution in [-0.4, -0.2) is 40.1 Å². The predicted molar refractivity (Wildman–Crippen MR) is 101 cm³/mol. The minimum atomic E-state index is 0.109. The Morgan fingerprint density at radius 3 is 2.80 bits per heavy atom. The fourth-order valence-electron chi connectivity index (χ4n) is 3.25. The van der Waals surface area contributed by atoms with Crippen LogP contribution in [0.25, 0.3) is 0 Å². The van der Waals surface area contributed by atoms with Crippen LogP contribution in [-0.2, 0) is 6.54 Å². The first-order valence-corrected chi connectivity index (χ1v) is 9.13. The summed E-state index contributed by atoms with van der Waals surface area (Å²) < 4.78 is 5.72. The highest BCUT2D eigenvalue weighted by molar-refractivity contribution is 5.32. The number of ether oxygens (including phenoxy) is 1. The Balaban J connectivity index is 1.61. The molecule has 1 aromatic carbocycles. The van der Waals surface area contributed by atoms with E-state index < -0.39 is 0 Å². The second kappa shape index (κ2) is 8.30. The molecule has 1 N–H and O–H groups in total. The van der Waals surface area contributed by atoms with E-state index in [9.17, 15) is 0 Å². The summed E-state index contributed by atoms with van der Waals surface area (Å²) in [6, 6.07) is 12.9. The van der Waals surface area contributed by atoms with E-state index in [-0.39, 0.29) is 6.10 Å². The Bertz CT molecular complexity index is 675. The number of anilines is 1. The van der Waals surface area contributed by atoms with Crippen LogP contribution in [0.2, 0.25) is 0 Å². The number of benzene rings is 1. The average Bonchev–Trinajstić information content (AvgIpc) is 2.55. The molecule has 0 radical (unpaired) electrons. The maximum Gasteiger partial charge on any atom is 0.226 e. The van der Waals surface area contributed by atoms with Crippen molar-refractivity contribution in [2.75, 3.05) is 18.4 Å². The highest BCUT2D eigenvalue weighted by Gasteiger charge is 2.21. The van der Waals surface area contributed by atoms with Crippen LogP contribution in [0.4, 0.5) is 5.95 Å².